The Kier molecular flexibility index (Phi) is 20.0. The van der Waals surface area contributed by atoms with E-state index in [0.717, 1.165) is 32.6 Å². The van der Waals surface area contributed by atoms with E-state index in [1.807, 2.05) is 0 Å². The summed E-state index contributed by atoms with van der Waals surface area (Å²) in [5.41, 5.74) is 0. The summed E-state index contributed by atoms with van der Waals surface area (Å²) < 4.78 is 33.9. The van der Waals surface area contributed by atoms with E-state index < -0.39 is 136 Å². The van der Waals surface area contributed by atoms with Gasteiger partial charge in [-0.25, -0.2) is 4.79 Å². The van der Waals surface area contributed by atoms with E-state index in [1.165, 1.54) is 32.1 Å². The van der Waals surface area contributed by atoms with Crippen LogP contribution in [-0.4, -0.2) is 192 Å². The molecule has 3 rings (SSSR count). The molecule has 0 spiro atoms. The van der Waals surface area contributed by atoms with Crippen molar-refractivity contribution >= 4 is 11.9 Å². The second kappa shape index (κ2) is 23.0. The van der Waals surface area contributed by atoms with Crippen molar-refractivity contribution in [2.45, 2.75) is 182 Å². The molecule has 3 aliphatic heterocycles. The minimum Gasteiger partial charge on any atom is -0.477 e. The minimum absolute atomic E-state index is 0.193. The lowest BCUT2D eigenvalue weighted by Crippen LogP contribution is -2.70. The SMILES string of the molecule is CCCCCCCCCCCCOC1OC(CO)C(OC2OC(CO)C(O)C(OC3(C(=O)O)CC(O)C(NC(C)=O)C(C(O)C(O)CO)O3)C2O)C(O)C1O. The van der Waals surface area contributed by atoms with Gasteiger partial charge in [-0.15, -0.1) is 0 Å². The van der Waals surface area contributed by atoms with Gasteiger partial charge in [-0.05, 0) is 6.42 Å². The molecule has 0 bridgehead atoms. The second-order valence-corrected chi connectivity index (χ2v) is 14.5. The van der Waals surface area contributed by atoms with Gasteiger partial charge in [0.05, 0.1) is 32.0 Å². The molecule has 3 aliphatic rings. The van der Waals surface area contributed by atoms with Crippen molar-refractivity contribution in [1.29, 1.82) is 0 Å². The topological polar surface area (TPSA) is 324 Å². The van der Waals surface area contributed by atoms with Crippen LogP contribution in [0, 0.1) is 0 Å². The van der Waals surface area contributed by atoms with E-state index in [1.54, 1.807) is 0 Å². The van der Waals surface area contributed by atoms with Gasteiger partial charge in [0.25, 0.3) is 5.79 Å². The maximum atomic E-state index is 12.7. The molecule has 3 saturated heterocycles. The Hall–Kier alpha value is -1.70. The van der Waals surface area contributed by atoms with Crippen LogP contribution in [0.25, 0.3) is 0 Å². The molecule has 16 unspecified atom stereocenters. The van der Waals surface area contributed by atoms with Crippen LogP contribution in [0.15, 0.2) is 0 Å². The monoisotopic (exact) mass is 801 g/mol. The molecule has 3 heterocycles. The number of aliphatic hydroxyl groups excluding tert-OH is 10. The zero-order valence-corrected chi connectivity index (χ0v) is 31.5. The average molecular weight is 802 g/mol. The number of carbonyl (C=O) groups excluding carboxylic acids is 1. The summed E-state index contributed by atoms with van der Waals surface area (Å²) in [6, 6.07) is -1.53. The molecule has 3 fully saturated rings. The van der Waals surface area contributed by atoms with Gasteiger partial charge in [0, 0.05) is 20.0 Å². The smallest absolute Gasteiger partial charge is 0.364 e. The largest absolute Gasteiger partial charge is 0.477 e. The highest BCUT2D eigenvalue weighted by atomic mass is 16.8. The molecule has 16 atom stereocenters. The Morgan fingerprint density at radius 3 is 1.91 bits per heavy atom. The first-order chi connectivity index (χ1) is 26.2. The maximum Gasteiger partial charge on any atom is 0.364 e. The van der Waals surface area contributed by atoms with Crippen LogP contribution in [0.1, 0.15) is 84.5 Å². The summed E-state index contributed by atoms with van der Waals surface area (Å²) in [5, 5.41) is 118. The Morgan fingerprint density at radius 2 is 1.36 bits per heavy atom. The van der Waals surface area contributed by atoms with Crippen molar-refractivity contribution in [3.05, 3.63) is 0 Å². The third-order valence-corrected chi connectivity index (χ3v) is 10.2. The van der Waals surface area contributed by atoms with Gasteiger partial charge in [0.15, 0.2) is 12.6 Å². The number of carbonyl (C=O) groups is 2. The van der Waals surface area contributed by atoms with Crippen molar-refractivity contribution in [2.24, 2.45) is 0 Å². The van der Waals surface area contributed by atoms with Gasteiger partial charge in [-0.1, -0.05) is 64.7 Å². The number of amides is 1. The van der Waals surface area contributed by atoms with E-state index in [0.29, 0.717) is 6.42 Å². The molecule has 0 aromatic rings. The molecule has 0 radical (unpaired) electrons. The number of rotatable bonds is 23. The second-order valence-electron chi connectivity index (χ2n) is 14.5. The summed E-state index contributed by atoms with van der Waals surface area (Å²) in [7, 11) is 0. The Balaban J connectivity index is 1.70. The first-order valence-corrected chi connectivity index (χ1v) is 19.2. The van der Waals surface area contributed by atoms with E-state index >= 15 is 0 Å². The summed E-state index contributed by atoms with van der Waals surface area (Å²) in [6.45, 7) is 0.672. The standard InChI is InChI=1S/C35H63NO19/c1-3-4-5-6-7-8-9-10-11-12-13-50-32-27(46)26(45)29(22(17-39)52-32)53-33-28(47)31(25(44)21(16-38)51-33)55-35(34(48)49)14-19(41)23(36-18(2)40)30(54-35)24(43)20(42)15-37/h19-33,37-39,41-47H,3-17H2,1-2H3,(H,36,40)(H,48,49). The number of carboxylic acids is 1. The number of hydrogen-bond donors (Lipinski definition) is 12. The predicted octanol–water partition coefficient (Wildman–Crippen LogP) is -3.28. The molecular formula is C35H63NO19. The van der Waals surface area contributed by atoms with Gasteiger partial charge in [0.1, 0.15) is 67.1 Å². The van der Waals surface area contributed by atoms with Crippen molar-refractivity contribution in [1.82, 2.24) is 5.32 Å². The Morgan fingerprint density at radius 1 is 0.782 bits per heavy atom. The number of ether oxygens (including phenoxy) is 6. The third kappa shape index (κ3) is 12.6. The summed E-state index contributed by atoms with van der Waals surface area (Å²) in [6.07, 6.45) is -15.6. The minimum atomic E-state index is -3.01. The van der Waals surface area contributed by atoms with E-state index in [2.05, 4.69) is 12.2 Å². The van der Waals surface area contributed by atoms with Crippen molar-refractivity contribution in [3.63, 3.8) is 0 Å². The van der Waals surface area contributed by atoms with Gasteiger partial charge >= 0.3 is 5.97 Å². The van der Waals surface area contributed by atoms with Gasteiger partial charge in [0.2, 0.25) is 5.91 Å². The van der Waals surface area contributed by atoms with E-state index in [-0.39, 0.29) is 6.61 Å². The lowest BCUT2D eigenvalue weighted by molar-refractivity contribution is -0.386. The lowest BCUT2D eigenvalue weighted by Gasteiger charge is -2.50. The number of hydrogen-bond acceptors (Lipinski definition) is 18. The average Bonchev–Trinajstić information content (AvgIpc) is 3.15. The fourth-order valence-corrected chi connectivity index (χ4v) is 7.08. The number of unbranched alkanes of at least 4 members (excludes halogenated alkanes) is 9. The van der Waals surface area contributed by atoms with Crippen LogP contribution in [0.3, 0.4) is 0 Å². The molecular weight excluding hydrogens is 738 g/mol. The highest BCUT2D eigenvalue weighted by Crippen LogP contribution is 2.38. The van der Waals surface area contributed by atoms with Gasteiger partial charge in [-0.2, -0.15) is 0 Å². The van der Waals surface area contributed by atoms with Gasteiger partial charge < -0.3 is 89.9 Å². The maximum absolute atomic E-state index is 12.7. The van der Waals surface area contributed by atoms with Crippen molar-refractivity contribution < 1.29 is 94.2 Å². The first-order valence-electron chi connectivity index (χ1n) is 19.2. The normalized spacial score (nSPS) is 38.0. The quantitative estimate of drug-likeness (QED) is 0.0451. The van der Waals surface area contributed by atoms with Crippen LogP contribution in [0.5, 0.6) is 0 Å². The molecule has 0 saturated carbocycles. The van der Waals surface area contributed by atoms with Crippen LogP contribution >= 0.6 is 0 Å². The molecule has 55 heavy (non-hydrogen) atoms. The third-order valence-electron chi connectivity index (χ3n) is 10.2. The highest BCUT2D eigenvalue weighted by molar-refractivity contribution is 5.76. The summed E-state index contributed by atoms with van der Waals surface area (Å²) in [5.74, 6) is -5.70. The van der Waals surface area contributed by atoms with Crippen LogP contribution in [0.2, 0.25) is 0 Å². The molecule has 20 heteroatoms. The lowest BCUT2D eigenvalue weighted by atomic mass is 9.88. The van der Waals surface area contributed by atoms with Crippen LogP contribution in [0.4, 0.5) is 0 Å². The fourth-order valence-electron chi connectivity index (χ4n) is 7.08. The molecule has 0 aliphatic carbocycles. The number of carboxylic acid groups (broad SMARTS) is 1. The van der Waals surface area contributed by atoms with E-state index in [4.69, 9.17) is 28.4 Å². The van der Waals surface area contributed by atoms with Crippen LogP contribution in [-0.2, 0) is 38.0 Å². The van der Waals surface area contributed by atoms with Crippen molar-refractivity contribution in [3.8, 4) is 0 Å². The predicted molar refractivity (Wildman–Crippen MR) is 186 cm³/mol. The van der Waals surface area contributed by atoms with Crippen molar-refractivity contribution in [2.75, 3.05) is 26.4 Å². The fraction of sp³-hybridized carbons (Fsp3) is 0.943. The summed E-state index contributed by atoms with van der Waals surface area (Å²) in [4.78, 5) is 24.6. The zero-order chi connectivity index (χ0) is 40.9. The van der Waals surface area contributed by atoms with Crippen LogP contribution < -0.4 is 5.32 Å². The van der Waals surface area contributed by atoms with E-state index in [9.17, 15) is 65.8 Å². The van der Waals surface area contributed by atoms with Gasteiger partial charge in [-0.3, -0.25) is 4.79 Å². The Labute approximate surface area is 319 Å². The zero-order valence-electron chi connectivity index (χ0n) is 31.5. The number of aliphatic carboxylic acids is 1. The number of nitrogens with one attached hydrogen (secondary N) is 1. The number of aliphatic hydroxyl groups is 10. The highest BCUT2D eigenvalue weighted by Gasteiger charge is 2.60. The molecule has 322 valence electrons. The molecule has 12 N–H and O–H groups in total. The first kappa shape index (κ1) is 47.7. The molecule has 0 aromatic carbocycles. The summed E-state index contributed by atoms with van der Waals surface area (Å²) >= 11 is 0. The molecule has 20 nitrogen and oxygen atoms in total. The Bertz CT molecular complexity index is 1140. The molecule has 0 aromatic heterocycles. The molecule has 1 amide bonds.